The van der Waals surface area contributed by atoms with E-state index >= 15 is 0 Å². The number of carbonyl (C=O) groups excluding carboxylic acids is 1. The fraction of sp³-hybridized carbons (Fsp3) is 0.900. The van der Waals surface area contributed by atoms with Gasteiger partial charge in [-0.2, -0.15) is 0 Å². The second-order valence-electron chi connectivity index (χ2n) is 4.25. The molecular weight excluding hydrogens is 166 g/mol. The van der Waals surface area contributed by atoms with Crippen LogP contribution < -0.4 is 5.32 Å². The standard InChI is InChI=1S/C10H17NO2/c1-13-9(12)8-4-2-3-5-10(11-8)6-7-10/h8,11H,2-7H2,1H3. The summed E-state index contributed by atoms with van der Waals surface area (Å²) < 4.78 is 4.76. The zero-order valence-electron chi connectivity index (χ0n) is 8.14. The molecule has 0 bridgehead atoms. The number of hydrogen-bond acceptors (Lipinski definition) is 3. The first-order chi connectivity index (χ1) is 6.26. The van der Waals surface area contributed by atoms with Crippen LogP contribution >= 0.6 is 0 Å². The summed E-state index contributed by atoms with van der Waals surface area (Å²) in [6, 6.07) is -0.0463. The highest BCUT2D eigenvalue weighted by atomic mass is 16.5. The third kappa shape index (κ3) is 1.85. The van der Waals surface area contributed by atoms with Crippen LogP contribution in [0.15, 0.2) is 0 Å². The molecule has 74 valence electrons. The third-order valence-electron chi connectivity index (χ3n) is 3.22. The summed E-state index contributed by atoms with van der Waals surface area (Å²) in [6.45, 7) is 0. The molecule has 0 radical (unpaired) electrons. The van der Waals surface area contributed by atoms with Crippen molar-refractivity contribution >= 4 is 5.97 Å². The van der Waals surface area contributed by atoms with E-state index in [4.69, 9.17) is 4.74 Å². The van der Waals surface area contributed by atoms with Gasteiger partial charge in [-0.05, 0) is 25.7 Å². The van der Waals surface area contributed by atoms with E-state index in [1.165, 1.54) is 32.8 Å². The molecule has 0 amide bonds. The molecule has 1 spiro atoms. The van der Waals surface area contributed by atoms with E-state index in [9.17, 15) is 4.79 Å². The number of methoxy groups -OCH3 is 1. The smallest absolute Gasteiger partial charge is 0.322 e. The fourth-order valence-electron chi connectivity index (χ4n) is 2.19. The lowest BCUT2D eigenvalue weighted by atomic mass is 10.1. The number of ether oxygens (including phenoxy) is 1. The molecule has 1 saturated carbocycles. The molecule has 1 heterocycles. The summed E-state index contributed by atoms with van der Waals surface area (Å²) in [5.74, 6) is -0.0897. The Bertz CT molecular complexity index is 211. The first-order valence-electron chi connectivity index (χ1n) is 5.11. The van der Waals surface area contributed by atoms with Crippen LogP contribution in [0.3, 0.4) is 0 Å². The highest BCUT2D eigenvalue weighted by molar-refractivity contribution is 5.75. The van der Waals surface area contributed by atoms with Crippen LogP contribution in [-0.2, 0) is 9.53 Å². The molecule has 1 saturated heterocycles. The van der Waals surface area contributed by atoms with Crippen LogP contribution in [0, 0.1) is 0 Å². The molecule has 0 aromatic heterocycles. The maximum Gasteiger partial charge on any atom is 0.322 e. The predicted octanol–water partition coefficient (Wildman–Crippen LogP) is 1.22. The molecule has 2 fully saturated rings. The molecule has 0 aromatic rings. The largest absolute Gasteiger partial charge is 0.468 e. The first-order valence-corrected chi connectivity index (χ1v) is 5.11. The number of esters is 1. The Morgan fingerprint density at radius 2 is 2.15 bits per heavy atom. The van der Waals surface area contributed by atoms with Gasteiger partial charge in [0.25, 0.3) is 0 Å². The molecule has 1 unspecified atom stereocenters. The summed E-state index contributed by atoms with van der Waals surface area (Å²) in [5.41, 5.74) is 0.315. The van der Waals surface area contributed by atoms with Crippen molar-refractivity contribution in [2.75, 3.05) is 7.11 Å². The van der Waals surface area contributed by atoms with Gasteiger partial charge in [-0.1, -0.05) is 12.8 Å². The normalized spacial score (nSPS) is 31.0. The Labute approximate surface area is 78.8 Å². The van der Waals surface area contributed by atoms with Gasteiger partial charge in [-0.25, -0.2) is 0 Å². The summed E-state index contributed by atoms with van der Waals surface area (Å²) in [6.07, 6.45) is 7.05. The van der Waals surface area contributed by atoms with Crippen molar-refractivity contribution in [3.63, 3.8) is 0 Å². The van der Waals surface area contributed by atoms with Gasteiger partial charge in [0.05, 0.1) is 7.11 Å². The highest BCUT2D eigenvalue weighted by Gasteiger charge is 2.45. The van der Waals surface area contributed by atoms with Crippen molar-refractivity contribution in [1.82, 2.24) is 5.32 Å². The maximum absolute atomic E-state index is 11.4. The fourth-order valence-corrected chi connectivity index (χ4v) is 2.19. The van der Waals surface area contributed by atoms with Crippen LogP contribution in [-0.4, -0.2) is 24.7 Å². The summed E-state index contributed by atoms with van der Waals surface area (Å²) in [4.78, 5) is 11.4. The van der Waals surface area contributed by atoms with Gasteiger partial charge in [0, 0.05) is 5.54 Å². The van der Waals surface area contributed by atoms with E-state index in [1.807, 2.05) is 0 Å². The van der Waals surface area contributed by atoms with Gasteiger partial charge < -0.3 is 4.74 Å². The van der Waals surface area contributed by atoms with Gasteiger partial charge in [-0.3, -0.25) is 10.1 Å². The molecule has 2 rings (SSSR count). The van der Waals surface area contributed by atoms with E-state index in [1.54, 1.807) is 0 Å². The predicted molar refractivity (Wildman–Crippen MR) is 49.4 cm³/mol. The van der Waals surface area contributed by atoms with Gasteiger partial charge >= 0.3 is 5.97 Å². The van der Waals surface area contributed by atoms with Crippen LogP contribution in [0.4, 0.5) is 0 Å². The number of rotatable bonds is 1. The lowest BCUT2D eigenvalue weighted by Crippen LogP contribution is -2.43. The van der Waals surface area contributed by atoms with E-state index in [2.05, 4.69) is 5.32 Å². The van der Waals surface area contributed by atoms with E-state index in [0.29, 0.717) is 5.54 Å². The molecule has 2 aliphatic rings. The van der Waals surface area contributed by atoms with Crippen molar-refractivity contribution in [1.29, 1.82) is 0 Å². The second kappa shape index (κ2) is 3.29. The SMILES string of the molecule is COC(=O)C1CCCCC2(CC2)N1. The molecular formula is C10H17NO2. The molecule has 1 N–H and O–H groups in total. The minimum atomic E-state index is -0.0897. The minimum Gasteiger partial charge on any atom is -0.468 e. The molecule has 1 atom stereocenters. The number of hydrogen-bond donors (Lipinski definition) is 1. The zero-order valence-corrected chi connectivity index (χ0v) is 8.14. The van der Waals surface area contributed by atoms with Crippen LogP contribution in [0.5, 0.6) is 0 Å². The molecule has 3 nitrogen and oxygen atoms in total. The minimum absolute atomic E-state index is 0.0463. The Morgan fingerprint density at radius 1 is 1.38 bits per heavy atom. The van der Waals surface area contributed by atoms with Gasteiger partial charge in [0.1, 0.15) is 6.04 Å². The molecule has 1 aliphatic heterocycles. The van der Waals surface area contributed by atoms with Crippen molar-refractivity contribution in [2.24, 2.45) is 0 Å². The Balaban J connectivity index is 1.98. The third-order valence-corrected chi connectivity index (χ3v) is 3.22. The van der Waals surface area contributed by atoms with E-state index in [0.717, 1.165) is 12.8 Å². The zero-order chi connectivity index (χ0) is 9.31. The van der Waals surface area contributed by atoms with Crippen molar-refractivity contribution in [2.45, 2.75) is 50.1 Å². The lowest BCUT2D eigenvalue weighted by Gasteiger charge is -2.19. The van der Waals surface area contributed by atoms with Crippen molar-refractivity contribution in [3.8, 4) is 0 Å². The number of carbonyl (C=O) groups is 1. The maximum atomic E-state index is 11.4. The molecule has 3 heteroatoms. The Morgan fingerprint density at radius 3 is 2.77 bits per heavy atom. The molecule has 1 aliphatic carbocycles. The highest BCUT2D eigenvalue weighted by Crippen LogP contribution is 2.42. The van der Waals surface area contributed by atoms with Crippen LogP contribution in [0.25, 0.3) is 0 Å². The number of nitrogens with one attached hydrogen (secondary N) is 1. The summed E-state index contributed by atoms with van der Waals surface area (Å²) >= 11 is 0. The second-order valence-corrected chi connectivity index (χ2v) is 4.25. The van der Waals surface area contributed by atoms with Gasteiger partial charge in [-0.15, -0.1) is 0 Å². The topological polar surface area (TPSA) is 38.3 Å². The van der Waals surface area contributed by atoms with Crippen LogP contribution in [0.1, 0.15) is 38.5 Å². The van der Waals surface area contributed by atoms with E-state index < -0.39 is 0 Å². The monoisotopic (exact) mass is 183 g/mol. The van der Waals surface area contributed by atoms with Crippen LogP contribution in [0.2, 0.25) is 0 Å². The van der Waals surface area contributed by atoms with Crippen molar-refractivity contribution < 1.29 is 9.53 Å². The molecule has 13 heavy (non-hydrogen) atoms. The summed E-state index contributed by atoms with van der Waals surface area (Å²) in [7, 11) is 1.47. The summed E-state index contributed by atoms with van der Waals surface area (Å²) in [5, 5.41) is 3.44. The first kappa shape index (κ1) is 9.00. The van der Waals surface area contributed by atoms with Crippen molar-refractivity contribution in [3.05, 3.63) is 0 Å². The Kier molecular flexibility index (Phi) is 2.28. The quantitative estimate of drug-likeness (QED) is 0.621. The van der Waals surface area contributed by atoms with E-state index in [-0.39, 0.29) is 12.0 Å². The molecule has 0 aromatic carbocycles. The van der Waals surface area contributed by atoms with Gasteiger partial charge in [0.15, 0.2) is 0 Å². The average Bonchev–Trinajstić information content (AvgIpc) is 2.93. The average molecular weight is 183 g/mol. The lowest BCUT2D eigenvalue weighted by molar-refractivity contribution is -0.143. The Hall–Kier alpha value is -0.570. The van der Waals surface area contributed by atoms with Gasteiger partial charge in [0.2, 0.25) is 0 Å².